The lowest BCUT2D eigenvalue weighted by Crippen LogP contribution is -2.67. The number of ether oxygens (including phenoxy) is 2. The lowest BCUT2D eigenvalue weighted by atomic mass is 9.84. The quantitative estimate of drug-likeness (QED) is 0.843. The number of hydrogen-bond acceptors (Lipinski definition) is 5. The number of pyridine rings is 1. The summed E-state index contributed by atoms with van der Waals surface area (Å²) in [5.74, 6) is 1.07. The molecular weight excluding hydrogens is 332 g/mol. The second kappa shape index (κ2) is 6.85. The van der Waals surface area contributed by atoms with Crippen LogP contribution in [0.1, 0.15) is 40.5 Å². The average molecular weight is 356 g/mol. The summed E-state index contributed by atoms with van der Waals surface area (Å²) >= 11 is 0. The van der Waals surface area contributed by atoms with Gasteiger partial charge in [0.2, 0.25) is 0 Å². The van der Waals surface area contributed by atoms with Gasteiger partial charge in [0.25, 0.3) is 5.91 Å². The van der Waals surface area contributed by atoms with Gasteiger partial charge < -0.3 is 18.8 Å². The van der Waals surface area contributed by atoms with Crippen LogP contribution >= 0.6 is 0 Å². The largest absolute Gasteiger partial charge is 0.456 e. The zero-order valence-electron chi connectivity index (χ0n) is 15.2. The minimum atomic E-state index is -0.278. The van der Waals surface area contributed by atoms with Crippen molar-refractivity contribution in [1.82, 2.24) is 9.88 Å². The van der Waals surface area contributed by atoms with Crippen LogP contribution in [0, 0.1) is 13.8 Å². The number of aromatic nitrogens is 1. The van der Waals surface area contributed by atoms with Crippen LogP contribution in [0.4, 0.5) is 0 Å². The van der Waals surface area contributed by atoms with Crippen LogP contribution in [-0.2, 0) is 16.1 Å². The van der Waals surface area contributed by atoms with Crippen molar-refractivity contribution in [2.24, 2.45) is 0 Å². The molecule has 0 aliphatic carbocycles. The third-order valence-electron chi connectivity index (χ3n) is 5.06. The van der Waals surface area contributed by atoms with E-state index < -0.39 is 0 Å². The Hall–Kier alpha value is -2.18. The number of rotatable bonds is 4. The predicted octanol–water partition coefficient (Wildman–Crippen LogP) is 2.88. The van der Waals surface area contributed by atoms with Crippen LogP contribution in [0.25, 0.3) is 0 Å². The molecule has 2 saturated heterocycles. The van der Waals surface area contributed by atoms with Crippen LogP contribution in [0.5, 0.6) is 0 Å². The summed E-state index contributed by atoms with van der Waals surface area (Å²) < 4.78 is 17.5. The maximum atomic E-state index is 12.4. The fourth-order valence-electron chi connectivity index (χ4n) is 3.73. The van der Waals surface area contributed by atoms with Crippen molar-refractivity contribution in [3.05, 3.63) is 53.2 Å². The maximum Gasteiger partial charge on any atom is 0.289 e. The molecule has 0 aromatic carbocycles. The van der Waals surface area contributed by atoms with Crippen LogP contribution < -0.4 is 0 Å². The van der Waals surface area contributed by atoms with Gasteiger partial charge in [-0.05, 0) is 44.5 Å². The molecule has 2 aliphatic heterocycles. The molecule has 6 heteroatoms. The van der Waals surface area contributed by atoms with Gasteiger partial charge in [0.15, 0.2) is 5.76 Å². The van der Waals surface area contributed by atoms with E-state index in [0.717, 1.165) is 30.0 Å². The van der Waals surface area contributed by atoms with Gasteiger partial charge in [-0.3, -0.25) is 9.78 Å². The third kappa shape index (κ3) is 3.52. The van der Waals surface area contributed by atoms with Crippen molar-refractivity contribution in [2.45, 2.75) is 45.0 Å². The van der Waals surface area contributed by atoms with Crippen LogP contribution in [0.3, 0.4) is 0 Å². The van der Waals surface area contributed by atoms with E-state index >= 15 is 0 Å². The van der Waals surface area contributed by atoms with Gasteiger partial charge in [-0.25, -0.2) is 0 Å². The fraction of sp³-hybridized carbons (Fsp3) is 0.500. The molecule has 26 heavy (non-hydrogen) atoms. The van der Waals surface area contributed by atoms with E-state index in [9.17, 15) is 4.79 Å². The molecule has 1 unspecified atom stereocenters. The van der Waals surface area contributed by atoms with Gasteiger partial charge in [0.05, 0.1) is 31.5 Å². The molecule has 2 aromatic rings. The third-order valence-corrected chi connectivity index (χ3v) is 5.06. The molecule has 1 amide bonds. The zero-order valence-corrected chi connectivity index (χ0v) is 15.2. The van der Waals surface area contributed by atoms with E-state index in [4.69, 9.17) is 13.9 Å². The van der Waals surface area contributed by atoms with Gasteiger partial charge >= 0.3 is 0 Å². The monoisotopic (exact) mass is 356 g/mol. The summed E-state index contributed by atoms with van der Waals surface area (Å²) in [6, 6.07) is 9.50. The molecule has 0 radical (unpaired) electrons. The molecule has 0 N–H and O–H groups in total. The highest BCUT2D eigenvalue weighted by molar-refractivity contribution is 5.92. The lowest BCUT2D eigenvalue weighted by Gasteiger charge is -2.52. The van der Waals surface area contributed by atoms with Crippen molar-refractivity contribution in [3.63, 3.8) is 0 Å². The minimum absolute atomic E-state index is 0.0701. The molecule has 6 nitrogen and oxygen atoms in total. The molecule has 1 atom stereocenters. The van der Waals surface area contributed by atoms with E-state index in [1.54, 1.807) is 11.0 Å². The van der Waals surface area contributed by atoms with Gasteiger partial charge in [-0.1, -0.05) is 6.07 Å². The number of carbonyl (C=O) groups is 1. The number of nitrogens with zero attached hydrogens (tertiary/aromatic N) is 2. The minimum Gasteiger partial charge on any atom is -0.456 e. The zero-order chi connectivity index (χ0) is 18.1. The predicted molar refractivity (Wildman–Crippen MR) is 94.8 cm³/mol. The van der Waals surface area contributed by atoms with Gasteiger partial charge in [0, 0.05) is 18.7 Å². The highest BCUT2D eigenvalue weighted by atomic mass is 16.5. The van der Waals surface area contributed by atoms with Gasteiger partial charge in [0.1, 0.15) is 11.4 Å². The Balaban J connectivity index is 1.31. The summed E-state index contributed by atoms with van der Waals surface area (Å²) in [6.45, 7) is 6.17. The van der Waals surface area contributed by atoms with E-state index in [-0.39, 0.29) is 17.6 Å². The standard InChI is InChI=1S/C20H24N2O4/c1-14-4-3-5-16(21-14)11-24-17-8-9-25-20(10-17)12-22(13-20)19(23)18-7-6-15(2)26-18/h3-7,17H,8-13H2,1-2H3. The Morgan fingerprint density at radius 2 is 2.15 bits per heavy atom. The maximum absolute atomic E-state index is 12.4. The van der Waals surface area contributed by atoms with E-state index in [0.29, 0.717) is 32.1 Å². The van der Waals surface area contributed by atoms with E-state index in [1.165, 1.54) is 0 Å². The Kier molecular flexibility index (Phi) is 4.54. The molecule has 4 heterocycles. The Labute approximate surface area is 153 Å². The van der Waals surface area contributed by atoms with Gasteiger partial charge in [-0.15, -0.1) is 0 Å². The van der Waals surface area contributed by atoms with Crippen LogP contribution in [0.15, 0.2) is 34.7 Å². The molecule has 2 aromatic heterocycles. The second-order valence-corrected chi connectivity index (χ2v) is 7.30. The average Bonchev–Trinajstić information content (AvgIpc) is 3.04. The lowest BCUT2D eigenvalue weighted by molar-refractivity contribution is -0.188. The van der Waals surface area contributed by atoms with Crippen molar-refractivity contribution in [2.75, 3.05) is 19.7 Å². The van der Waals surface area contributed by atoms with Gasteiger partial charge in [-0.2, -0.15) is 0 Å². The number of amides is 1. The number of carbonyl (C=O) groups excluding carboxylic acids is 1. The van der Waals surface area contributed by atoms with Crippen LogP contribution in [-0.4, -0.2) is 47.2 Å². The first-order valence-electron chi connectivity index (χ1n) is 9.07. The number of aryl methyl sites for hydroxylation is 2. The topological polar surface area (TPSA) is 64.8 Å². The van der Waals surface area contributed by atoms with Crippen molar-refractivity contribution in [3.8, 4) is 0 Å². The first-order chi connectivity index (χ1) is 12.5. The molecule has 0 bridgehead atoms. The molecule has 0 saturated carbocycles. The summed E-state index contributed by atoms with van der Waals surface area (Å²) in [5.41, 5.74) is 1.67. The fourth-order valence-corrected chi connectivity index (χ4v) is 3.73. The summed E-state index contributed by atoms with van der Waals surface area (Å²) in [4.78, 5) is 18.7. The summed E-state index contributed by atoms with van der Waals surface area (Å²) in [5, 5.41) is 0. The molecule has 2 fully saturated rings. The summed E-state index contributed by atoms with van der Waals surface area (Å²) in [6.07, 6.45) is 1.81. The molecule has 2 aliphatic rings. The Morgan fingerprint density at radius 1 is 1.31 bits per heavy atom. The number of hydrogen-bond donors (Lipinski definition) is 0. The van der Waals surface area contributed by atoms with Crippen molar-refractivity contribution in [1.29, 1.82) is 0 Å². The highest BCUT2D eigenvalue weighted by Crippen LogP contribution is 2.36. The second-order valence-electron chi connectivity index (χ2n) is 7.30. The van der Waals surface area contributed by atoms with E-state index in [1.807, 2.05) is 38.1 Å². The normalized spacial score (nSPS) is 21.6. The summed E-state index contributed by atoms with van der Waals surface area (Å²) in [7, 11) is 0. The van der Waals surface area contributed by atoms with Crippen molar-refractivity contribution < 1.29 is 18.7 Å². The molecule has 1 spiro atoms. The molecule has 138 valence electrons. The first-order valence-corrected chi connectivity index (χ1v) is 9.07. The van der Waals surface area contributed by atoms with E-state index in [2.05, 4.69) is 4.98 Å². The Morgan fingerprint density at radius 3 is 2.88 bits per heavy atom. The SMILES string of the molecule is Cc1cccc(COC2CCOC3(C2)CN(C(=O)c2ccc(C)o2)C3)n1. The highest BCUT2D eigenvalue weighted by Gasteiger charge is 2.50. The smallest absolute Gasteiger partial charge is 0.289 e. The van der Waals surface area contributed by atoms with Crippen molar-refractivity contribution >= 4 is 5.91 Å². The molecular formula is C20H24N2O4. The van der Waals surface area contributed by atoms with Crippen LogP contribution in [0.2, 0.25) is 0 Å². The first kappa shape index (κ1) is 17.2. The number of likely N-dealkylation sites (tertiary alicyclic amines) is 1. The molecule has 4 rings (SSSR count). The number of furan rings is 1. The Bertz CT molecular complexity index is 795.